The van der Waals surface area contributed by atoms with Crippen LogP contribution in [0.5, 0.6) is 0 Å². The molecule has 0 saturated carbocycles. The van der Waals surface area contributed by atoms with E-state index in [0.29, 0.717) is 0 Å². The highest BCUT2D eigenvalue weighted by atomic mass is 19.4. The molecule has 1 rings (SSSR count). The number of hydrogen-bond acceptors (Lipinski definition) is 3. The summed E-state index contributed by atoms with van der Waals surface area (Å²) in [5, 5.41) is 10.8. The lowest BCUT2D eigenvalue weighted by atomic mass is 10.1. The zero-order valence-corrected chi connectivity index (χ0v) is 9.78. The predicted octanol–water partition coefficient (Wildman–Crippen LogP) is 2.37. The predicted molar refractivity (Wildman–Crippen MR) is 59.9 cm³/mol. The number of hydrogen-bond donors (Lipinski definition) is 1. The van der Waals surface area contributed by atoms with Gasteiger partial charge in [0.25, 0.3) is 0 Å². The van der Waals surface area contributed by atoms with Gasteiger partial charge in [0, 0.05) is 5.69 Å². The molecule has 0 aliphatic heterocycles. The number of carbonyl (C=O) groups is 2. The summed E-state index contributed by atoms with van der Waals surface area (Å²) in [5.74, 6) is -2.97. The fraction of sp³-hybridized carbons (Fsp3) is 0.250. The van der Waals surface area contributed by atoms with Crippen molar-refractivity contribution in [1.82, 2.24) is 0 Å². The first-order valence-electron chi connectivity index (χ1n) is 5.14. The Bertz CT molecular complexity index is 529. The van der Waals surface area contributed by atoms with Crippen molar-refractivity contribution < 1.29 is 22.8 Å². The first kappa shape index (κ1) is 14.7. The van der Waals surface area contributed by atoms with E-state index in [-0.39, 0.29) is 5.69 Å². The number of nitrogens with one attached hydrogen (secondary N) is 1. The summed E-state index contributed by atoms with van der Waals surface area (Å²) in [5.41, 5.74) is -0.770. The van der Waals surface area contributed by atoms with Crippen LogP contribution in [0.1, 0.15) is 12.5 Å². The zero-order chi connectivity index (χ0) is 14.6. The maximum Gasteiger partial charge on any atom is 0.416 e. The van der Waals surface area contributed by atoms with Gasteiger partial charge >= 0.3 is 6.18 Å². The van der Waals surface area contributed by atoms with Crippen molar-refractivity contribution in [3.05, 3.63) is 29.8 Å². The van der Waals surface area contributed by atoms with Crippen molar-refractivity contribution in [2.75, 3.05) is 5.32 Å². The average molecular weight is 270 g/mol. The van der Waals surface area contributed by atoms with Crippen LogP contribution in [0.25, 0.3) is 0 Å². The van der Waals surface area contributed by atoms with Gasteiger partial charge in [0.05, 0.1) is 11.6 Å². The second kappa shape index (κ2) is 5.52. The maximum absolute atomic E-state index is 12.3. The second-order valence-corrected chi connectivity index (χ2v) is 3.74. The topological polar surface area (TPSA) is 70.0 Å². The van der Waals surface area contributed by atoms with Crippen LogP contribution >= 0.6 is 0 Å². The summed E-state index contributed by atoms with van der Waals surface area (Å²) in [6.07, 6.45) is -4.46. The Morgan fingerprint density at radius 1 is 1.26 bits per heavy atom. The molecule has 0 spiro atoms. The summed E-state index contributed by atoms with van der Waals surface area (Å²) < 4.78 is 36.9. The summed E-state index contributed by atoms with van der Waals surface area (Å²) in [7, 11) is 0. The first-order valence-corrected chi connectivity index (χ1v) is 5.14. The Kier molecular flexibility index (Phi) is 4.27. The SMILES string of the molecule is CC(=O)[C@@H](C#N)C(=O)Nc1ccc(C(F)(F)F)cc1. The molecule has 4 nitrogen and oxygen atoms in total. The molecule has 0 saturated heterocycles. The fourth-order valence-corrected chi connectivity index (χ4v) is 1.29. The van der Waals surface area contributed by atoms with E-state index in [4.69, 9.17) is 5.26 Å². The Labute approximate surface area is 106 Å². The van der Waals surface area contributed by atoms with E-state index in [9.17, 15) is 22.8 Å². The molecule has 0 unspecified atom stereocenters. The zero-order valence-electron chi connectivity index (χ0n) is 9.78. The van der Waals surface area contributed by atoms with Crippen molar-refractivity contribution in [2.45, 2.75) is 13.1 Å². The maximum atomic E-state index is 12.3. The minimum absolute atomic E-state index is 0.0829. The number of carbonyl (C=O) groups excluding carboxylic acids is 2. The van der Waals surface area contributed by atoms with Crippen molar-refractivity contribution in [3.63, 3.8) is 0 Å². The molecule has 0 fully saturated rings. The number of nitriles is 1. The van der Waals surface area contributed by atoms with E-state index in [1.54, 1.807) is 0 Å². The molecular formula is C12H9F3N2O2. The molecule has 1 N–H and O–H groups in total. The van der Waals surface area contributed by atoms with Crippen LogP contribution in [0.4, 0.5) is 18.9 Å². The van der Waals surface area contributed by atoms with E-state index in [0.717, 1.165) is 31.2 Å². The van der Waals surface area contributed by atoms with Crippen LogP contribution < -0.4 is 5.32 Å². The molecule has 0 bridgehead atoms. The van der Waals surface area contributed by atoms with Crippen molar-refractivity contribution in [2.24, 2.45) is 5.92 Å². The number of amides is 1. The molecule has 1 aromatic rings. The monoisotopic (exact) mass is 270 g/mol. The molecule has 19 heavy (non-hydrogen) atoms. The lowest BCUT2D eigenvalue weighted by Gasteiger charge is -2.10. The third kappa shape index (κ3) is 3.81. The summed E-state index contributed by atoms with van der Waals surface area (Å²) in [4.78, 5) is 22.5. The molecule has 1 amide bonds. The molecule has 0 aliphatic carbocycles. The Balaban J connectivity index is 2.82. The number of rotatable bonds is 3. The number of halogens is 3. The molecule has 0 aromatic heterocycles. The number of Topliss-reactive ketones (excluding diaryl/α,β-unsaturated/α-hetero) is 1. The lowest BCUT2D eigenvalue weighted by molar-refractivity contribution is -0.137. The highest BCUT2D eigenvalue weighted by Crippen LogP contribution is 2.29. The van der Waals surface area contributed by atoms with Crippen molar-refractivity contribution in [3.8, 4) is 6.07 Å². The first-order chi connectivity index (χ1) is 8.75. The van der Waals surface area contributed by atoms with E-state index in [2.05, 4.69) is 5.32 Å². The van der Waals surface area contributed by atoms with E-state index in [1.807, 2.05) is 0 Å². The van der Waals surface area contributed by atoms with Crippen LogP contribution in [0.3, 0.4) is 0 Å². The van der Waals surface area contributed by atoms with Gasteiger partial charge in [-0.1, -0.05) is 0 Å². The van der Waals surface area contributed by atoms with Crippen LogP contribution in [0.15, 0.2) is 24.3 Å². The summed E-state index contributed by atoms with van der Waals surface area (Å²) in [6.45, 7) is 1.08. The van der Waals surface area contributed by atoms with Gasteiger partial charge in [-0.25, -0.2) is 0 Å². The van der Waals surface area contributed by atoms with E-state index in [1.165, 1.54) is 6.07 Å². The minimum atomic E-state index is -4.46. The highest BCUT2D eigenvalue weighted by Gasteiger charge is 2.30. The molecular weight excluding hydrogens is 261 g/mol. The quantitative estimate of drug-likeness (QED) is 0.857. The smallest absolute Gasteiger partial charge is 0.325 e. The van der Waals surface area contributed by atoms with Gasteiger partial charge in [0.1, 0.15) is 0 Å². The van der Waals surface area contributed by atoms with Gasteiger partial charge in [-0.05, 0) is 31.2 Å². The van der Waals surface area contributed by atoms with Crippen LogP contribution in [-0.2, 0) is 15.8 Å². The minimum Gasteiger partial charge on any atom is -0.325 e. The van der Waals surface area contributed by atoms with E-state index < -0.39 is 29.3 Å². The van der Waals surface area contributed by atoms with Gasteiger partial charge in [-0.2, -0.15) is 18.4 Å². The number of nitrogens with zero attached hydrogens (tertiary/aromatic N) is 1. The Morgan fingerprint density at radius 2 is 1.79 bits per heavy atom. The summed E-state index contributed by atoms with van der Waals surface area (Å²) in [6, 6.07) is 5.21. The van der Waals surface area contributed by atoms with Gasteiger partial charge in [-0.15, -0.1) is 0 Å². The van der Waals surface area contributed by atoms with Gasteiger partial charge in [0.15, 0.2) is 11.7 Å². The van der Waals surface area contributed by atoms with Gasteiger partial charge in [-0.3, -0.25) is 9.59 Å². The van der Waals surface area contributed by atoms with Crippen LogP contribution in [0, 0.1) is 17.2 Å². The van der Waals surface area contributed by atoms with Crippen molar-refractivity contribution >= 4 is 17.4 Å². The third-order valence-corrected chi connectivity index (χ3v) is 2.28. The highest BCUT2D eigenvalue weighted by molar-refractivity contribution is 6.08. The molecule has 100 valence electrons. The second-order valence-electron chi connectivity index (χ2n) is 3.74. The van der Waals surface area contributed by atoms with Crippen LogP contribution in [0.2, 0.25) is 0 Å². The number of alkyl halides is 3. The molecule has 7 heteroatoms. The third-order valence-electron chi connectivity index (χ3n) is 2.28. The Hall–Kier alpha value is -2.36. The molecule has 0 heterocycles. The molecule has 1 atom stereocenters. The van der Waals surface area contributed by atoms with Gasteiger partial charge < -0.3 is 5.32 Å². The molecule has 1 aromatic carbocycles. The van der Waals surface area contributed by atoms with Crippen molar-refractivity contribution in [1.29, 1.82) is 5.26 Å². The van der Waals surface area contributed by atoms with E-state index >= 15 is 0 Å². The lowest BCUT2D eigenvalue weighted by Crippen LogP contribution is -2.26. The normalized spacial score (nSPS) is 12.4. The Morgan fingerprint density at radius 3 is 2.16 bits per heavy atom. The largest absolute Gasteiger partial charge is 0.416 e. The number of anilines is 1. The van der Waals surface area contributed by atoms with Crippen LogP contribution in [-0.4, -0.2) is 11.7 Å². The summed E-state index contributed by atoms with van der Waals surface area (Å²) >= 11 is 0. The standard InChI is InChI=1S/C12H9F3N2O2/c1-7(18)10(6-16)11(19)17-9-4-2-8(3-5-9)12(13,14)15/h2-5,10H,1H3,(H,17,19)/t10-/m1/s1. The van der Waals surface area contributed by atoms with Gasteiger partial charge in [0.2, 0.25) is 5.91 Å². The molecule has 0 radical (unpaired) electrons. The number of ketones is 1. The average Bonchev–Trinajstić information content (AvgIpc) is 2.28. The fourth-order valence-electron chi connectivity index (χ4n) is 1.29. The molecule has 0 aliphatic rings. The number of benzene rings is 1.